The molecular weight excluding hydrogens is 230 g/mol. The fourth-order valence-corrected chi connectivity index (χ4v) is 1.71. The van der Waals surface area contributed by atoms with Crippen molar-refractivity contribution in [1.29, 1.82) is 0 Å². The maximum atomic E-state index is 5.60. The highest BCUT2D eigenvalue weighted by Crippen LogP contribution is 2.08. The average molecular weight is 253 g/mol. The van der Waals surface area contributed by atoms with Crippen molar-refractivity contribution in [1.82, 2.24) is 5.32 Å². The molecule has 0 aliphatic heterocycles. The molecule has 102 valence electrons. The van der Waals surface area contributed by atoms with E-state index in [0.717, 1.165) is 18.7 Å². The van der Waals surface area contributed by atoms with Crippen LogP contribution in [0.2, 0.25) is 0 Å². The molecular formula is C14H23NO3. The van der Waals surface area contributed by atoms with E-state index in [4.69, 9.17) is 14.2 Å². The smallest absolute Gasteiger partial charge is 0.171 e. The van der Waals surface area contributed by atoms with Crippen LogP contribution in [0.4, 0.5) is 0 Å². The van der Waals surface area contributed by atoms with Crippen molar-refractivity contribution in [3.63, 3.8) is 0 Å². The molecule has 4 nitrogen and oxygen atoms in total. The van der Waals surface area contributed by atoms with Gasteiger partial charge >= 0.3 is 0 Å². The van der Waals surface area contributed by atoms with Crippen LogP contribution in [0, 0.1) is 0 Å². The summed E-state index contributed by atoms with van der Waals surface area (Å²) in [7, 11) is 3.29. The van der Waals surface area contributed by atoms with Gasteiger partial charge in [-0.3, -0.25) is 0 Å². The molecule has 0 bridgehead atoms. The van der Waals surface area contributed by atoms with Crippen LogP contribution in [0.3, 0.4) is 0 Å². The third kappa shape index (κ3) is 5.49. The zero-order valence-electron chi connectivity index (χ0n) is 11.4. The lowest BCUT2D eigenvalue weighted by Crippen LogP contribution is -2.40. The molecule has 1 unspecified atom stereocenters. The predicted octanol–water partition coefficient (Wildman–Crippen LogP) is 2.05. The second-order valence-electron chi connectivity index (χ2n) is 4.10. The van der Waals surface area contributed by atoms with Crippen LogP contribution >= 0.6 is 0 Å². The Labute approximate surface area is 109 Å². The lowest BCUT2D eigenvalue weighted by Gasteiger charge is -2.22. The number of benzene rings is 1. The van der Waals surface area contributed by atoms with Crippen LogP contribution < -0.4 is 10.1 Å². The van der Waals surface area contributed by atoms with Gasteiger partial charge in [0.25, 0.3) is 0 Å². The Bertz CT molecular complexity index is 301. The normalized spacial score (nSPS) is 12.7. The van der Waals surface area contributed by atoms with Crippen LogP contribution in [0.1, 0.15) is 13.3 Å². The van der Waals surface area contributed by atoms with E-state index in [0.29, 0.717) is 6.61 Å². The highest BCUT2D eigenvalue weighted by molar-refractivity contribution is 5.20. The lowest BCUT2D eigenvalue weighted by molar-refractivity contribution is -0.119. The van der Waals surface area contributed by atoms with Gasteiger partial charge in [0, 0.05) is 14.2 Å². The number of nitrogens with one attached hydrogen (secondary N) is 1. The second-order valence-corrected chi connectivity index (χ2v) is 4.10. The number of hydrogen-bond donors (Lipinski definition) is 1. The first-order valence-corrected chi connectivity index (χ1v) is 6.24. The molecule has 0 saturated heterocycles. The summed E-state index contributed by atoms with van der Waals surface area (Å²) >= 11 is 0. The van der Waals surface area contributed by atoms with E-state index in [1.54, 1.807) is 14.2 Å². The van der Waals surface area contributed by atoms with Gasteiger partial charge in [0.2, 0.25) is 0 Å². The minimum Gasteiger partial charge on any atom is -0.494 e. The van der Waals surface area contributed by atoms with Gasteiger partial charge in [0.1, 0.15) is 5.75 Å². The van der Waals surface area contributed by atoms with Crippen molar-refractivity contribution in [2.75, 3.05) is 27.4 Å². The van der Waals surface area contributed by atoms with Crippen molar-refractivity contribution in [3.05, 3.63) is 30.3 Å². The predicted molar refractivity (Wildman–Crippen MR) is 71.8 cm³/mol. The highest BCUT2D eigenvalue weighted by Gasteiger charge is 2.14. The number of ether oxygens (including phenoxy) is 3. The molecule has 1 atom stereocenters. The summed E-state index contributed by atoms with van der Waals surface area (Å²) in [5.74, 6) is 0.914. The van der Waals surface area contributed by atoms with E-state index in [9.17, 15) is 0 Å². The Morgan fingerprint density at radius 1 is 1.11 bits per heavy atom. The molecule has 0 saturated carbocycles. The molecule has 1 N–H and O–H groups in total. The molecule has 0 amide bonds. The monoisotopic (exact) mass is 253 g/mol. The van der Waals surface area contributed by atoms with E-state index in [1.165, 1.54) is 0 Å². The minimum absolute atomic E-state index is 0.164. The molecule has 0 radical (unpaired) electrons. The van der Waals surface area contributed by atoms with Gasteiger partial charge in [0.05, 0.1) is 12.6 Å². The molecule has 1 aromatic rings. The molecule has 0 fully saturated rings. The van der Waals surface area contributed by atoms with E-state index in [1.807, 2.05) is 37.3 Å². The van der Waals surface area contributed by atoms with Crippen LogP contribution in [0.15, 0.2) is 30.3 Å². The third-order valence-corrected chi connectivity index (χ3v) is 2.67. The van der Waals surface area contributed by atoms with Crippen LogP contribution in [0.5, 0.6) is 5.75 Å². The van der Waals surface area contributed by atoms with Gasteiger partial charge in [-0.2, -0.15) is 0 Å². The van der Waals surface area contributed by atoms with Crippen LogP contribution in [0.25, 0.3) is 0 Å². The largest absolute Gasteiger partial charge is 0.494 e. The summed E-state index contributed by atoms with van der Waals surface area (Å²) in [5, 5.41) is 3.34. The summed E-state index contributed by atoms with van der Waals surface area (Å²) in [6.07, 6.45) is 0.736. The SMILES string of the molecule is COC(OC)C(C)NCCCOc1ccccc1. The first kappa shape index (κ1) is 15.0. The molecule has 0 aromatic heterocycles. The molecule has 0 aliphatic carbocycles. The lowest BCUT2D eigenvalue weighted by atomic mass is 10.3. The fraction of sp³-hybridized carbons (Fsp3) is 0.571. The first-order chi connectivity index (χ1) is 8.77. The van der Waals surface area contributed by atoms with E-state index >= 15 is 0 Å². The van der Waals surface area contributed by atoms with Gasteiger partial charge in [-0.1, -0.05) is 18.2 Å². The molecule has 0 spiro atoms. The Balaban J connectivity index is 2.08. The zero-order chi connectivity index (χ0) is 13.2. The summed E-state index contributed by atoms with van der Waals surface area (Å²) in [4.78, 5) is 0. The van der Waals surface area contributed by atoms with E-state index < -0.39 is 0 Å². The van der Waals surface area contributed by atoms with Gasteiger partial charge in [-0.25, -0.2) is 0 Å². The van der Waals surface area contributed by atoms with E-state index in [-0.39, 0.29) is 12.3 Å². The molecule has 1 aromatic carbocycles. The summed E-state index contributed by atoms with van der Waals surface area (Å²) < 4.78 is 15.9. The maximum Gasteiger partial charge on any atom is 0.171 e. The van der Waals surface area contributed by atoms with Crippen LogP contribution in [-0.4, -0.2) is 39.7 Å². The number of para-hydroxylation sites is 1. The van der Waals surface area contributed by atoms with Crippen molar-refractivity contribution < 1.29 is 14.2 Å². The van der Waals surface area contributed by atoms with Crippen LogP contribution in [-0.2, 0) is 9.47 Å². The van der Waals surface area contributed by atoms with Crippen molar-refractivity contribution in [2.24, 2.45) is 0 Å². The van der Waals surface area contributed by atoms with Gasteiger partial charge in [-0.15, -0.1) is 0 Å². The zero-order valence-corrected chi connectivity index (χ0v) is 11.4. The molecule has 0 aliphatic rings. The van der Waals surface area contributed by atoms with Crippen molar-refractivity contribution in [2.45, 2.75) is 25.7 Å². The van der Waals surface area contributed by atoms with Crippen molar-refractivity contribution >= 4 is 0 Å². The number of methoxy groups -OCH3 is 2. The summed E-state index contributed by atoms with van der Waals surface area (Å²) in [5.41, 5.74) is 0. The Kier molecular flexibility index (Phi) is 7.41. The standard InChI is InChI=1S/C14H23NO3/c1-12(14(16-2)17-3)15-10-7-11-18-13-8-5-4-6-9-13/h4-6,8-9,12,14-15H,7,10-11H2,1-3H3. The second kappa shape index (κ2) is 8.91. The topological polar surface area (TPSA) is 39.7 Å². The maximum absolute atomic E-state index is 5.60. The summed E-state index contributed by atoms with van der Waals surface area (Å²) in [6.45, 7) is 3.61. The molecule has 1 rings (SSSR count). The van der Waals surface area contributed by atoms with Gasteiger partial charge in [0.15, 0.2) is 6.29 Å². The Morgan fingerprint density at radius 3 is 2.39 bits per heavy atom. The summed E-state index contributed by atoms with van der Waals surface area (Å²) in [6, 6.07) is 10.0. The fourth-order valence-electron chi connectivity index (χ4n) is 1.71. The number of rotatable bonds is 9. The van der Waals surface area contributed by atoms with Gasteiger partial charge < -0.3 is 19.5 Å². The Morgan fingerprint density at radius 2 is 1.78 bits per heavy atom. The molecule has 18 heavy (non-hydrogen) atoms. The third-order valence-electron chi connectivity index (χ3n) is 2.67. The first-order valence-electron chi connectivity index (χ1n) is 6.24. The number of hydrogen-bond acceptors (Lipinski definition) is 4. The quantitative estimate of drug-likeness (QED) is 0.540. The Hall–Kier alpha value is -1.10. The highest BCUT2D eigenvalue weighted by atomic mass is 16.7. The van der Waals surface area contributed by atoms with Crippen molar-refractivity contribution in [3.8, 4) is 5.75 Å². The van der Waals surface area contributed by atoms with E-state index in [2.05, 4.69) is 5.32 Å². The average Bonchev–Trinajstić information content (AvgIpc) is 2.41. The van der Waals surface area contributed by atoms with Gasteiger partial charge in [-0.05, 0) is 32.0 Å². The molecule has 4 heteroatoms. The minimum atomic E-state index is -0.208. The molecule has 0 heterocycles.